The number of hydrogen-bond acceptors (Lipinski definition) is 9. The average molecular weight is 841 g/mol. The predicted octanol–water partition coefficient (Wildman–Crippen LogP) is 7.91. The quantitative estimate of drug-likeness (QED) is 0.0998. The van der Waals surface area contributed by atoms with E-state index < -0.39 is 69.1 Å². The number of fused-ring (bicyclic) bond motifs is 1. The molecule has 5 rings (SSSR count). The summed E-state index contributed by atoms with van der Waals surface area (Å²) < 4.78 is 61.4. The Hall–Kier alpha value is -4.66. The number of ether oxygens (including phenoxy) is 3. The van der Waals surface area contributed by atoms with E-state index in [0.717, 1.165) is 27.9 Å². The van der Waals surface area contributed by atoms with Crippen molar-refractivity contribution in [2.45, 2.75) is 123 Å². The molecular weight excluding hydrogens is 780 g/mol. The Kier molecular flexibility index (Phi) is 15.1. The number of amides is 4. The van der Waals surface area contributed by atoms with Gasteiger partial charge in [0.05, 0.1) is 23.8 Å². The Morgan fingerprint density at radius 1 is 0.847 bits per heavy atom. The van der Waals surface area contributed by atoms with E-state index in [9.17, 15) is 27.6 Å². The van der Waals surface area contributed by atoms with E-state index in [1.807, 2.05) is 60.7 Å². The highest BCUT2D eigenvalue weighted by atomic mass is 32.2. The highest BCUT2D eigenvalue weighted by Gasteiger charge is 2.72. The molecule has 1 spiro atoms. The van der Waals surface area contributed by atoms with E-state index in [4.69, 9.17) is 14.2 Å². The lowest BCUT2D eigenvalue weighted by Crippen LogP contribution is -2.46. The van der Waals surface area contributed by atoms with Crippen LogP contribution in [0.1, 0.15) is 104 Å². The minimum atomic E-state index is -4.00. The van der Waals surface area contributed by atoms with Crippen LogP contribution >= 0.6 is 0 Å². The molecule has 0 aromatic heterocycles. The number of nitrogens with one attached hydrogen (secondary N) is 3. The third-order valence-corrected chi connectivity index (χ3v) is 14.1. The standard InChI is InChI=1S/C44H61FN4O9S/c1-42(2,3)58-41(53)48-36(21-13-15-25-47-40(52)57-29-32-18-10-7-11-19-32)35(45)26-33(20-12-14-24-46-39(51)56-28-31-16-8-6-9-17-31)38(50)49-37-27-34-22-23-44(37,43(34,4)5)30-59(49,54)55/h6-11,16-19,26,33-34,36-37H,12-15,20-25,27-30H2,1-5H3,(H,46,51)(H,47,52)(H,48,53)/b35-26-/t33-,34-,36+,37-,44-/m1/s1. The Labute approximate surface area is 348 Å². The van der Waals surface area contributed by atoms with Crippen molar-refractivity contribution in [3.05, 3.63) is 83.7 Å². The number of carbonyl (C=O) groups is 4. The summed E-state index contributed by atoms with van der Waals surface area (Å²) in [5.74, 6) is -2.50. The molecular formula is C44H61FN4O9S. The fraction of sp³-hybridized carbons (Fsp3) is 0.591. The molecule has 4 amide bonds. The fourth-order valence-electron chi connectivity index (χ4n) is 8.95. The lowest BCUT2D eigenvalue weighted by molar-refractivity contribution is -0.132. The molecule has 0 radical (unpaired) electrons. The topological polar surface area (TPSA) is 169 Å². The Morgan fingerprint density at radius 2 is 1.39 bits per heavy atom. The van der Waals surface area contributed by atoms with Crippen molar-refractivity contribution >= 4 is 34.2 Å². The number of benzene rings is 2. The number of alkyl carbamates (subject to hydrolysis) is 3. The maximum atomic E-state index is 16.6. The zero-order valence-electron chi connectivity index (χ0n) is 35.0. The van der Waals surface area contributed by atoms with Gasteiger partial charge >= 0.3 is 18.3 Å². The van der Waals surface area contributed by atoms with Gasteiger partial charge in [0.15, 0.2) is 0 Å². The highest BCUT2D eigenvalue weighted by molar-refractivity contribution is 7.90. The second-order valence-corrected chi connectivity index (χ2v) is 19.4. The number of hydrogen-bond donors (Lipinski definition) is 3. The van der Waals surface area contributed by atoms with Gasteiger partial charge in [-0.25, -0.2) is 31.5 Å². The first-order valence-electron chi connectivity index (χ1n) is 20.7. The Balaban J connectivity index is 1.26. The van der Waals surface area contributed by atoms with Gasteiger partial charge in [0.1, 0.15) is 24.6 Å². The monoisotopic (exact) mass is 840 g/mol. The van der Waals surface area contributed by atoms with Crippen LogP contribution in [0.5, 0.6) is 0 Å². The van der Waals surface area contributed by atoms with Gasteiger partial charge in [-0.2, -0.15) is 0 Å². The number of unbranched alkanes of at least 4 members (excludes halogenated alkanes) is 2. The maximum Gasteiger partial charge on any atom is 0.408 e. The van der Waals surface area contributed by atoms with Crippen molar-refractivity contribution in [1.29, 1.82) is 0 Å². The number of sulfonamides is 1. The molecule has 3 N–H and O–H groups in total. The van der Waals surface area contributed by atoms with E-state index in [2.05, 4.69) is 29.8 Å². The summed E-state index contributed by atoms with van der Waals surface area (Å²) in [5, 5.41) is 7.98. The van der Waals surface area contributed by atoms with Crippen LogP contribution in [0.2, 0.25) is 0 Å². The molecule has 1 aliphatic heterocycles. The second-order valence-electron chi connectivity index (χ2n) is 17.6. The number of rotatable bonds is 18. The van der Waals surface area contributed by atoms with Crippen LogP contribution in [-0.2, 0) is 42.2 Å². The van der Waals surface area contributed by atoms with E-state index in [0.29, 0.717) is 38.5 Å². The summed E-state index contributed by atoms with van der Waals surface area (Å²) in [6.45, 7) is 9.92. The highest BCUT2D eigenvalue weighted by Crippen LogP contribution is 2.70. The van der Waals surface area contributed by atoms with Crippen molar-refractivity contribution < 1.29 is 46.2 Å². The zero-order chi connectivity index (χ0) is 42.8. The van der Waals surface area contributed by atoms with E-state index >= 15 is 4.39 Å². The summed E-state index contributed by atoms with van der Waals surface area (Å²) in [6.07, 6.45) is 3.04. The van der Waals surface area contributed by atoms with E-state index in [1.54, 1.807) is 20.8 Å². The number of carbonyl (C=O) groups excluding carboxylic acids is 4. The largest absolute Gasteiger partial charge is 0.445 e. The van der Waals surface area contributed by atoms with Gasteiger partial charge in [0.25, 0.3) is 0 Å². The minimum Gasteiger partial charge on any atom is -0.445 e. The first kappa shape index (κ1) is 45.4. The van der Waals surface area contributed by atoms with Crippen LogP contribution in [0.25, 0.3) is 0 Å². The van der Waals surface area contributed by atoms with Crippen LogP contribution in [0.15, 0.2) is 72.6 Å². The Morgan fingerprint density at radius 3 is 1.92 bits per heavy atom. The molecule has 324 valence electrons. The normalized spacial score (nSPS) is 22.5. The third kappa shape index (κ3) is 11.8. The van der Waals surface area contributed by atoms with Crippen molar-refractivity contribution in [2.24, 2.45) is 22.7 Å². The lowest BCUT2D eigenvalue weighted by atomic mass is 9.69. The molecule has 0 unspecified atom stereocenters. The van der Waals surface area contributed by atoms with Crippen molar-refractivity contribution in [3.63, 3.8) is 0 Å². The molecule has 2 saturated carbocycles. The van der Waals surface area contributed by atoms with E-state index in [-0.39, 0.29) is 56.2 Å². The van der Waals surface area contributed by atoms with Gasteiger partial charge in [-0.3, -0.25) is 4.79 Å². The van der Waals surface area contributed by atoms with Crippen molar-refractivity contribution in [2.75, 3.05) is 18.8 Å². The molecule has 3 fully saturated rings. The summed E-state index contributed by atoms with van der Waals surface area (Å²) >= 11 is 0. The van der Waals surface area contributed by atoms with E-state index in [1.165, 1.54) is 0 Å². The molecule has 59 heavy (non-hydrogen) atoms. The molecule has 1 heterocycles. The molecule has 5 atom stereocenters. The van der Waals surface area contributed by atoms with Crippen LogP contribution in [0.4, 0.5) is 18.8 Å². The second kappa shape index (κ2) is 19.6. The fourth-order valence-corrected chi connectivity index (χ4v) is 11.5. The lowest BCUT2D eigenvalue weighted by Gasteiger charge is -2.37. The average Bonchev–Trinajstić information content (AvgIpc) is 3.66. The predicted molar refractivity (Wildman–Crippen MR) is 221 cm³/mol. The molecule has 13 nitrogen and oxygen atoms in total. The van der Waals surface area contributed by atoms with Crippen LogP contribution < -0.4 is 16.0 Å². The molecule has 1 saturated heterocycles. The van der Waals surface area contributed by atoms with Crippen LogP contribution in [0.3, 0.4) is 0 Å². The summed E-state index contributed by atoms with van der Waals surface area (Å²) in [7, 11) is -4.00. The van der Waals surface area contributed by atoms with Gasteiger partial charge in [0.2, 0.25) is 15.9 Å². The summed E-state index contributed by atoms with van der Waals surface area (Å²) in [6, 6.07) is 16.8. The Bertz CT molecular complexity index is 1900. The first-order chi connectivity index (χ1) is 27.9. The first-order valence-corrected chi connectivity index (χ1v) is 22.3. The zero-order valence-corrected chi connectivity index (χ0v) is 35.8. The SMILES string of the molecule is CC(C)(C)OC(=O)N[C@@H](CCCCNC(=O)OCc1ccccc1)/C(F)=C/[C@@H](CCCCNC(=O)OCc1ccccc1)C(=O)N1[C@@H]2C[C@H]3CC[C@]2(CS1(=O)=O)C3(C)C. The van der Waals surface area contributed by atoms with Gasteiger partial charge in [-0.05, 0) is 101 Å². The summed E-state index contributed by atoms with van der Waals surface area (Å²) in [4.78, 5) is 52.1. The number of nitrogens with zero attached hydrogens (tertiary/aromatic N) is 1. The maximum absolute atomic E-state index is 16.6. The smallest absolute Gasteiger partial charge is 0.408 e. The molecule has 3 aliphatic rings. The number of halogens is 1. The minimum absolute atomic E-state index is 0.0970. The van der Waals surface area contributed by atoms with Crippen molar-refractivity contribution in [3.8, 4) is 0 Å². The van der Waals surface area contributed by atoms with Gasteiger partial charge < -0.3 is 30.2 Å². The van der Waals surface area contributed by atoms with Gasteiger partial charge in [-0.1, -0.05) is 80.9 Å². The molecule has 2 aromatic rings. The van der Waals surface area contributed by atoms with Crippen molar-refractivity contribution in [1.82, 2.24) is 20.3 Å². The molecule has 2 bridgehead atoms. The van der Waals surface area contributed by atoms with Gasteiger partial charge in [-0.15, -0.1) is 0 Å². The summed E-state index contributed by atoms with van der Waals surface area (Å²) in [5.41, 5.74) is -0.0206. The van der Waals surface area contributed by atoms with Crippen LogP contribution in [-0.4, -0.2) is 73.4 Å². The van der Waals surface area contributed by atoms with Gasteiger partial charge in [0, 0.05) is 18.5 Å². The molecule has 2 aliphatic carbocycles. The molecule has 15 heteroatoms. The third-order valence-electron chi connectivity index (χ3n) is 12.2. The van der Waals surface area contributed by atoms with Crippen LogP contribution in [0, 0.1) is 22.7 Å². The molecule has 2 aromatic carbocycles.